The summed E-state index contributed by atoms with van der Waals surface area (Å²) in [6.45, 7) is 1.83. The SMILES string of the molecule is NC1(CC(=O)N2CCOc3ccccc3C2)CCCCC1. The fourth-order valence-corrected chi connectivity index (χ4v) is 3.38. The average Bonchev–Trinajstić information content (AvgIpc) is 2.69. The van der Waals surface area contributed by atoms with Crippen LogP contribution in [0.15, 0.2) is 24.3 Å². The molecule has 4 nitrogen and oxygen atoms in total. The first-order chi connectivity index (χ1) is 10.2. The predicted molar refractivity (Wildman–Crippen MR) is 82.0 cm³/mol. The van der Waals surface area contributed by atoms with E-state index in [9.17, 15) is 4.79 Å². The molecule has 21 heavy (non-hydrogen) atoms. The maximum atomic E-state index is 12.6. The first-order valence-electron chi connectivity index (χ1n) is 7.94. The van der Waals surface area contributed by atoms with Crippen LogP contribution in [0.3, 0.4) is 0 Å². The minimum Gasteiger partial charge on any atom is -0.491 e. The van der Waals surface area contributed by atoms with Gasteiger partial charge in [-0.25, -0.2) is 0 Å². The van der Waals surface area contributed by atoms with E-state index in [1.54, 1.807) is 0 Å². The van der Waals surface area contributed by atoms with E-state index < -0.39 is 0 Å². The molecule has 114 valence electrons. The number of hydrogen-bond acceptors (Lipinski definition) is 3. The van der Waals surface area contributed by atoms with Gasteiger partial charge in [-0.15, -0.1) is 0 Å². The molecule has 0 unspecified atom stereocenters. The van der Waals surface area contributed by atoms with Gasteiger partial charge < -0.3 is 15.4 Å². The molecular weight excluding hydrogens is 264 g/mol. The van der Waals surface area contributed by atoms with Crippen LogP contribution in [0.2, 0.25) is 0 Å². The van der Waals surface area contributed by atoms with Gasteiger partial charge in [-0.1, -0.05) is 37.5 Å². The summed E-state index contributed by atoms with van der Waals surface area (Å²) in [5.74, 6) is 1.06. The van der Waals surface area contributed by atoms with Gasteiger partial charge in [0.15, 0.2) is 0 Å². The van der Waals surface area contributed by atoms with E-state index in [-0.39, 0.29) is 11.4 Å². The highest BCUT2D eigenvalue weighted by atomic mass is 16.5. The maximum absolute atomic E-state index is 12.6. The molecule has 1 heterocycles. The molecule has 0 aromatic heterocycles. The fourth-order valence-electron chi connectivity index (χ4n) is 3.38. The molecule has 3 rings (SSSR count). The van der Waals surface area contributed by atoms with Gasteiger partial charge in [0, 0.05) is 24.1 Å². The smallest absolute Gasteiger partial charge is 0.224 e. The van der Waals surface area contributed by atoms with Gasteiger partial charge in [-0.05, 0) is 18.9 Å². The van der Waals surface area contributed by atoms with Crippen LogP contribution in [0.5, 0.6) is 5.75 Å². The molecule has 1 amide bonds. The van der Waals surface area contributed by atoms with Crippen molar-refractivity contribution in [2.45, 2.75) is 50.6 Å². The minimum atomic E-state index is -0.290. The van der Waals surface area contributed by atoms with E-state index in [1.807, 2.05) is 29.2 Å². The van der Waals surface area contributed by atoms with Crippen LogP contribution in [-0.4, -0.2) is 29.5 Å². The standard InChI is InChI=1S/C17H24N2O2/c18-17(8-4-1-5-9-17)12-16(20)19-10-11-21-15-7-3-2-6-14(15)13-19/h2-3,6-7H,1,4-5,8-13,18H2. The van der Waals surface area contributed by atoms with Crippen molar-refractivity contribution in [3.05, 3.63) is 29.8 Å². The fraction of sp³-hybridized carbons (Fsp3) is 0.588. The Kier molecular flexibility index (Phi) is 4.15. The summed E-state index contributed by atoms with van der Waals surface area (Å²) in [5, 5.41) is 0. The molecule has 0 atom stereocenters. The zero-order chi connectivity index (χ0) is 14.7. The van der Waals surface area contributed by atoms with Crippen LogP contribution in [0.1, 0.15) is 44.1 Å². The van der Waals surface area contributed by atoms with Crippen LogP contribution >= 0.6 is 0 Å². The number of fused-ring (bicyclic) bond motifs is 1. The Bertz CT molecular complexity index is 509. The molecule has 2 aliphatic rings. The lowest BCUT2D eigenvalue weighted by Crippen LogP contribution is -2.47. The van der Waals surface area contributed by atoms with Crippen molar-refractivity contribution in [3.8, 4) is 5.75 Å². The summed E-state index contributed by atoms with van der Waals surface area (Å²) in [5.41, 5.74) is 7.21. The highest BCUT2D eigenvalue weighted by Crippen LogP contribution is 2.30. The maximum Gasteiger partial charge on any atom is 0.224 e. The Morgan fingerprint density at radius 1 is 1.24 bits per heavy atom. The third-order valence-corrected chi connectivity index (χ3v) is 4.66. The number of para-hydroxylation sites is 1. The number of carbonyl (C=O) groups is 1. The first-order valence-corrected chi connectivity index (χ1v) is 7.94. The number of ether oxygens (including phenoxy) is 1. The molecule has 1 aromatic rings. The number of carbonyl (C=O) groups excluding carboxylic acids is 1. The number of benzene rings is 1. The molecule has 1 saturated carbocycles. The molecular formula is C17H24N2O2. The van der Waals surface area contributed by atoms with E-state index in [4.69, 9.17) is 10.5 Å². The number of amides is 1. The van der Waals surface area contributed by atoms with Gasteiger partial charge in [0.05, 0.1) is 6.54 Å². The largest absolute Gasteiger partial charge is 0.491 e. The van der Waals surface area contributed by atoms with E-state index in [1.165, 1.54) is 6.42 Å². The number of hydrogen-bond donors (Lipinski definition) is 1. The Hall–Kier alpha value is -1.55. The second-order valence-electron chi connectivity index (χ2n) is 6.37. The summed E-state index contributed by atoms with van der Waals surface area (Å²) in [6.07, 6.45) is 5.96. The van der Waals surface area contributed by atoms with E-state index >= 15 is 0 Å². The molecule has 2 N–H and O–H groups in total. The number of nitrogens with zero attached hydrogens (tertiary/aromatic N) is 1. The molecule has 0 spiro atoms. The highest BCUT2D eigenvalue weighted by Gasteiger charge is 2.32. The first kappa shape index (κ1) is 14.4. The van der Waals surface area contributed by atoms with Crippen LogP contribution in [0.4, 0.5) is 0 Å². The van der Waals surface area contributed by atoms with Gasteiger partial charge in [0.25, 0.3) is 0 Å². The van der Waals surface area contributed by atoms with Crippen molar-refractivity contribution in [2.24, 2.45) is 5.73 Å². The molecule has 1 aliphatic carbocycles. The summed E-state index contributed by atoms with van der Waals surface area (Å²) in [4.78, 5) is 14.5. The quantitative estimate of drug-likeness (QED) is 0.909. The Morgan fingerprint density at radius 3 is 2.81 bits per heavy atom. The highest BCUT2D eigenvalue weighted by molar-refractivity contribution is 5.77. The van der Waals surface area contributed by atoms with Gasteiger partial charge >= 0.3 is 0 Å². The molecule has 1 fully saturated rings. The van der Waals surface area contributed by atoms with Crippen molar-refractivity contribution in [1.82, 2.24) is 4.90 Å². The second-order valence-corrected chi connectivity index (χ2v) is 6.37. The topological polar surface area (TPSA) is 55.6 Å². The van der Waals surface area contributed by atoms with E-state index in [0.717, 1.165) is 37.0 Å². The molecule has 1 aliphatic heterocycles. The lowest BCUT2D eigenvalue weighted by atomic mass is 9.80. The second kappa shape index (κ2) is 6.06. The summed E-state index contributed by atoms with van der Waals surface area (Å²) < 4.78 is 5.72. The van der Waals surface area contributed by atoms with Gasteiger partial charge in [0.1, 0.15) is 12.4 Å². The van der Waals surface area contributed by atoms with Crippen LogP contribution in [-0.2, 0) is 11.3 Å². The lowest BCUT2D eigenvalue weighted by Gasteiger charge is -2.34. The van der Waals surface area contributed by atoms with Gasteiger partial charge in [-0.2, -0.15) is 0 Å². The van der Waals surface area contributed by atoms with Crippen molar-refractivity contribution in [3.63, 3.8) is 0 Å². The van der Waals surface area contributed by atoms with Crippen molar-refractivity contribution in [2.75, 3.05) is 13.2 Å². The normalized spacial score (nSPS) is 21.1. The molecule has 0 bridgehead atoms. The van der Waals surface area contributed by atoms with Crippen LogP contribution in [0.25, 0.3) is 0 Å². The number of rotatable bonds is 2. The van der Waals surface area contributed by atoms with Gasteiger partial charge in [-0.3, -0.25) is 4.79 Å². The monoisotopic (exact) mass is 288 g/mol. The van der Waals surface area contributed by atoms with E-state index in [2.05, 4.69) is 0 Å². The predicted octanol–water partition coefficient (Wildman–Crippen LogP) is 2.46. The average molecular weight is 288 g/mol. The third-order valence-electron chi connectivity index (χ3n) is 4.66. The minimum absolute atomic E-state index is 0.166. The zero-order valence-electron chi connectivity index (χ0n) is 12.5. The Labute approximate surface area is 126 Å². The lowest BCUT2D eigenvalue weighted by molar-refractivity contribution is -0.133. The van der Waals surface area contributed by atoms with Crippen molar-refractivity contribution in [1.29, 1.82) is 0 Å². The molecule has 0 saturated heterocycles. The molecule has 4 heteroatoms. The Morgan fingerprint density at radius 2 is 2.00 bits per heavy atom. The van der Waals surface area contributed by atoms with Crippen LogP contribution in [0, 0.1) is 0 Å². The zero-order valence-corrected chi connectivity index (χ0v) is 12.5. The molecule has 0 radical (unpaired) electrons. The van der Waals surface area contributed by atoms with Gasteiger partial charge in [0.2, 0.25) is 5.91 Å². The van der Waals surface area contributed by atoms with Crippen molar-refractivity contribution < 1.29 is 9.53 Å². The third kappa shape index (κ3) is 3.38. The van der Waals surface area contributed by atoms with Crippen molar-refractivity contribution >= 4 is 5.91 Å². The Balaban J connectivity index is 1.67. The van der Waals surface area contributed by atoms with Crippen LogP contribution < -0.4 is 10.5 Å². The summed E-state index contributed by atoms with van der Waals surface area (Å²) in [6, 6.07) is 7.95. The van der Waals surface area contributed by atoms with E-state index in [0.29, 0.717) is 26.1 Å². The summed E-state index contributed by atoms with van der Waals surface area (Å²) >= 11 is 0. The summed E-state index contributed by atoms with van der Waals surface area (Å²) in [7, 11) is 0. The molecule has 1 aromatic carbocycles. The number of nitrogens with two attached hydrogens (primary N) is 1.